The number of carbonyl (C=O) groups is 1. The molecule has 0 aromatic heterocycles. The van der Waals surface area contributed by atoms with Gasteiger partial charge in [0.25, 0.3) is 5.97 Å². The van der Waals surface area contributed by atoms with E-state index in [0.717, 1.165) is 6.92 Å². The Bertz CT molecular complexity index is 271. The molecule has 3 heteroatoms. The van der Waals surface area contributed by atoms with Crippen LogP contribution in [-0.2, 0) is 4.79 Å². The van der Waals surface area contributed by atoms with Gasteiger partial charge in [-0.15, -0.1) is 0 Å². The molecule has 0 aliphatic carbocycles. The van der Waals surface area contributed by atoms with Gasteiger partial charge in [-0.25, -0.2) is 0 Å². The van der Waals surface area contributed by atoms with Gasteiger partial charge >= 0.3 is 69.3 Å². The van der Waals surface area contributed by atoms with Crippen molar-refractivity contribution in [3.8, 4) is 0 Å². The van der Waals surface area contributed by atoms with Gasteiger partial charge in [0.1, 0.15) is 0 Å². The van der Waals surface area contributed by atoms with Crippen molar-refractivity contribution in [3.63, 3.8) is 0 Å². The van der Waals surface area contributed by atoms with Crippen LogP contribution in [0.4, 0.5) is 0 Å². The van der Waals surface area contributed by atoms with Crippen molar-refractivity contribution in [1.29, 1.82) is 0 Å². The average Bonchev–Trinajstić information content (AvgIpc) is 1.99. The van der Waals surface area contributed by atoms with E-state index in [1.54, 1.807) is 0 Å². The molecule has 69 valence electrons. The van der Waals surface area contributed by atoms with Crippen LogP contribution in [0.5, 0.6) is 0 Å². The van der Waals surface area contributed by atoms with Gasteiger partial charge < -0.3 is 5.11 Å². The minimum atomic E-state index is -0.833. The van der Waals surface area contributed by atoms with Crippen LogP contribution < -0.4 is 3.58 Å². The third-order valence-electron chi connectivity index (χ3n) is 1.60. The molecule has 1 rings (SSSR count). The summed E-state index contributed by atoms with van der Waals surface area (Å²) in [5, 5.41) is 7.42. The number of carboxylic acid groups (broad SMARTS) is 1. The van der Waals surface area contributed by atoms with Crippen LogP contribution in [0.1, 0.15) is 18.1 Å². The summed E-state index contributed by atoms with van der Waals surface area (Å²) in [4.78, 5) is 9.00. The maximum absolute atomic E-state index is 9.00. The van der Waals surface area contributed by atoms with E-state index in [2.05, 4.69) is 32.0 Å². The average molecular weight is 284 g/mol. The van der Waals surface area contributed by atoms with E-state index in [-0.39, 0.29) is 0 Å². The molecule has 0 fully saturated rings. The normalized spacial score (nSPS) is 8.62. The summed E-state index contributed by atoms with van der Waals surface area (Å²) in [5.41, 5.74) is 2.86. The number of aryl methyl sites for hydroxylation is 1. The van der Waals surface area contributed by atoms with E-state index in [9.17, 15) is 0 Å². The Morgan fingerprint density at radius 2 is 1.85 bits per heavy atom. The summed E-state index contributed by atoms with van der Waals surface area (Å²) in [6, 6.07) is 6.45. The molecule has 0 heterocycles. The van der Waals surface area contributed by atoms with Crippen molar-refractivity contribution in [2.24, 2.45) is 0 Å². The van der Waals surface area contributed by atoms with Crippen molar-refractivity contribution in [2.75, 3.05) is 0 Å². The molecule has 0 atom stereocenters. The Morgan fingerprint density at radius 3 is 2.15 bits per heavy atom. The van der Waals surface area contributed by atoms with Crippen molar-refractivity contribution in [1.82, 2.24) is 0 Å². The summed E-state index contributed by atoms with van der Waals surface area (Å²) in [7, 11) is 0. The minimum absolute atomic E-state index is 0.833. The van der Waals surface area contributed by atoms with Crippen LogP contribution in [0.2, 0.25) is 0 Å². The Labute approximate surface area is 92.1 Å². The molecule has 0 saturated carbocycles. The summed E-state index contributed by atoms with van der Waals surface area (Å²) < 4.78 is 1.47. The summed E-state index contributed by atoms with van der Waals surface area (Å²) in [5.74, 6) is -0.833. The van der Waals surface area contributed by atoms with Crippen LogP contribution >= 0.6 is 0 Å². The van der Waals surface area contributed by atoms with E-state index in [1.165, 1.54) is 37.2 Å². The van der Waals surface area contributed by atoms with Gasteiger partial charge in [0.2, 0.25) is 0 Å². The molecule has 1 N–H and O–H groups in total. The topological polar surface area (TPSA) is 37.3 Å². The van der Waals surface area contributed by atoms with Crippen molar-refractivity contribution < 1.29 is 9.90 Å². The molecule has 0 aliphatic rings. The molecule has 0 bridgehead atoms. The van der Waals surface area contributed by atoms with Crippen LogP contribution in [0.3, 0.4) is 0 Å². The molecular formula is C10H13O2Sn. The first-order valence-corrected chi connectivity index (χ1v) is 5.35. The SMILES string of the molecule is CC(=O)O.Cc1ccc[c]([Sn])c1C. The number of aliphatic carboxylic acids is 1. The zero-order valence-corrected chi connectivity index (χ0v) is 10.9. The first kappa shape index (κ1) is 12.5. The van der Waals surface area contributed by atoms with Crippen molar-refractivity contribution in [3.05, 3.63) is 29.3 Å². The Morgan fingerprint density at radius 1 is 1.38 bits per heavy atom. The molecule has 0 unspecified atom stereocenters. The van der Waals surface area contributed by atoms with E-state index < -0.39 is 5.97 Å². The van der Waals surface area contributed by atoms with Gasteiger partial charge in [-0.1, -0.05) is 0 Å². The van der Waals surface area contributed by atoms with Gasteiger partial charge in [0.05, 0.1) is 0 Å². The zero-order chi connectivity index (χ0) is 10.4. The summed E-state index contributed by atoms with van der Waals surface area (Å²) >= 11 is 1.51. The molecule has 0 amide bonds. The molecule has 0 saturated heterocycles. The van der Waals surface area contributed by atoms with E-state index in [1.807, 2.05) is 0 Å². The second kappa shape index (κ2) is 6.02. The van der Waals surface area contributed by atoms with Crippen LogP contribution in [-0.4, -0.2) is 33.6 Å². The van der Waals surface area contributed by atoms with Crippen LogP contribution in [0, 0.1) is 13.8 Å². The Kier molecular flexibility index (Phi) is 5.78. The molecule has 13 heavy (non-hydrogen) atoms. The summed E-state index contributed by atoms with van der Waals surface area (Å²) in [6.45, 7) is 5.42. The number of rotatable bonds is 0. The van der Waals surface area contributed by atoms with Crippen molar-refractivity contribution >= 4 is 32.1 Å². The van der Waals surface area contributed by atoms with Crippen LogP contribution in [0.15, 0.2) is 18.2 Å². The third-order valence-corrected chi connectivity index (χ3v) is 3.15. The van der Waals surface area contributed by atoms with Gasteiger partial charge in [-0.3, -0.25) is 4.79 Å². The molecule has 0 aliphatic heterocycles. The van der Waals surface area contributed by atoms with Crippen LogP contribution in [0.25, 0.3) is 0 Å². The third kappa shape index (κ3) is 5.69. The molecule has 2 nitrogen and oxygen atoms in total. The fourth-order valence-electron chi connectivity index (χ4n) is 0.751. The van der Waals surface area contributed by atoms with Gasteiger partial charge in [-0.05, 0) is 0 Å². The number of hydrogen-bond acceptors (Lipinski definition) is 1. The standard InChI is InChI=1S/C8H9.C2H4O2.Sn/c1-7-5-3-4-6-8(7)2;1-2(3)4;/h3-5H,1-2H3;1H3,(H,3,4);. The monoisotopic (exact) mass is 285 g/mol. The van der Waals surface area contributed by atoms with E-state index >= 15 is 0 Å². The fraction of sp³-hybridized carbons (Fsp3) is 0.300. The van der Waals surface area contributed by atoms with Gasteiger partial charge in [-0.2, -0.15) is 0 Å². The molecular weight excluding hydrogens is 271 g/mol. The molecule has 1 aromatic rings. The van der Waals surface area contributed by atoms with Crippen molar-refractivity contribution in [2.45, 2.75) is 20.8 Å². The van der Waals surface area contributed by atoms with E-state index in [4.69, 9.17) is 9.90 Å². The first-order chi connectivity index (χ1) is 5.95. The maximum atomic E-state index is 9.00. The zero-order valence-electron chi connectivity index (χ0n) is 8.09. The Balaban J connectivity index is 0.000000310. The van der Waals surface area contributed by atoms with Gasteiger partial charge in [0, 0.05) is 6.92 Å². The fourth-order valence-corrected chi connectivity index (χ4v) is 1.59. The molecule has 1 aromatic carbocycles. The predicted octanol–water partition coefficient (Wildman–Crippen LogP) is 1.19. The van der Waals surface area contributed by atoms with Gasteiger partial charge in [0.15, 0.2) is 0 Å². The predicted molar refractivity (Wildman–Crippen MR) is 54.6 cm³/mol. The second-order valence-corrected chi connectivity index (χ2v) is 4.30. The quantitative estimate of drug-likeness (QED) is 0.727. The molecule has 3 radical (unpaired) electrons. The first-order valence-electron chi connectivity index (χ1n) is 3.92. The Hall–Kier alpha value is -0.511. The second-order valence-electron chi connectivity index (χ2n) is 2.77. The number of hydrogen-bond donors (Lipinski definition) is 1. The van der Waals surface area contributed by atoms with E-state index in [0.29, 0.717) is 0 Å². The molecule has 0 spiro atoms. The number of carboxylic acids is 1. The summed E-state index contributed by atoms with van der Waals surface area (Å²) in [6.07, 6.45) is 0. The number of benzene rings is 1.